The number of carboxylic acid groups (broad SMARTS) is 1. The van der Waals surface area contributed by atoms with Gasteiger partial charge >= 0.3 is 6.09 Å². The summed E-state index contributed by atoms with van der Waals surface area (Å²) in [6, 6.07) is 28.5. The fourth-order valence-corrected chi connectivity index (χ4v) is 6.49. The number of pyridine rings is 1. The Balaban J connectivity index is 1.37. The minimum Gasteiger partial charge on any atom is -0.465 e. The molecule has 42 heavy (non-hydrogen) atoms. The standard InChI is InChI=1S/C34H32N6O2/c1-33(2,3)40(32(41)42)34(18-9-19-34)25-16-14-23(15-17-25)30-37-38-31-26-12-7-8-13-27(26)36-29-28(39(30)31)20-24(21-35-29)22-10-5-4-6-11-22/h4-8,10-17,20-21H,9,18-19H2,1-3H3,(H,35,36)(H,41,42). The van der Waals surface area contributed by atoms with Crippen LogP contribution in [0.1, 0.15) is 45.6 Å². The second kappa shape index (κ2) is 9.55. The van der Waals surface area contributed by atoms with E-state index in [0.717, 1.165) is 64.3 Å². The van der Waals surface area contributed by atoms with Crippen LogP contribution >= 0.6 is 0 Å². The first kappa shape index (κ1) is 26.0. The number of para-hydroxylation sites is 1. The normalized spacial score (nSPS) is 14.8. The number of nitrogens with one attached hydrogen (secondary N) is 1. The van der Waals surface area contributed by atoms with E-state index in [4.69, 9.17) is 10.1 Å². The predicted octanol–water partition coefficient (Wildman–Crippen LogP) is 7.88. The molecule has 8 nitrogen and oxygen atoms in total. The Morgan fingerprint density at radius 2 is 1.57 bits per heavy atom. The minimum atomic E-state index is -0.890. The lowest BCUT2D eigenvalue weighted by molar-refractivity contribution is -0.0328. The molecule has 8 heteroatoms. The zero-order valence-electron chi connectivity index (χ0n) is 23.9. The van der Waals surface area contributed by atoms with Gasteiger partial charge < -0.3 is 10.4 Å². The highest BCUT2D eigenvalue weighted by atomic mass is 16.4. The van der Waals surface area contributed by atoms with E-state index in [1.54, 1.807) is 4.90 Å². The SMILES string of the molecule is CC(C)(C)N(C(=O)O)C1(c2ccc(-c3nnc4n3-c3cc(-c5ccccc5)cnc3Nc3ccccc3-4)cc2)CCC1. The summed E-state index contributed by atoms with van der Waals surface area (Å²) in [6.45, 7) is 5.88. The van der Waals surface area contributed by atoms with Gasteiger partial charge in [-0.1, -0.05) is 66.7 Å². The number of fused-ring (bicyclic) bond motifs is 5. The van der Waals surface area contributed by atoms with Crippen LogP contribution in [-0.2, 0) is 5.54 Å². The van der Waals surface area contributed by atoms with Crippen molar-refractivity contribution in [2.45, 2.75) is 51.1 Å². The van der Waals surface area contributed by atoms with E-state index < -0.39 is 17.2 Å². The topological polar surface area (TPSA) is 96.2 Å². The average Bonchev–Trinajstić information content (AvgIpc) is 3.34. The minimum absolute atomic E-state index is 0.525. The summed E-state index contributed by atoms with van der Waals surface area (Å²) in [6.07, 6.45) is 3.60. The van der Waals surface area contributed by atoms with Gasteiger partial charge in [0.15, 0.2) is 17.5 Å². The summed E-state index contributed by atoms with van der Waals surface area (Å²) in [4.78, 5) is 18.9. The van der Waals surface area contributed by atoms with E-state index in [1.165, 1.54) is 0 Å². The van der Waals surface area contributed by atoms with E-state index in [0.29, 0.717) is 11.6 Å². The lowest BCUT2D eigenvalue weighted by Gasteiger charge is -2.54. The van der Waals surface area contributed by atoms with E-state index in [1.807, 2.05) is 81.6 Å². The molecular weight excluding hydrogens is 524 g/mol. The Morgan fingerprint density at radius 3 is 2.24 bits per heavy atom. The predicted molar refractivity (Wildman–Crippen MR) is 164 cm³/mol. The molecule has 210 valence electrons. The third-order valence-corrected chi connectivity index (χ3v) is 8.45. The third-order valence-electron chi connectivity index (χ3n) is 8.45. The van der Waals surface area contributed by atoms with Crippen LogP contribution < -0.4 is 5.32 Å². The number of hydrogen-bond acceptors (Lipinski definition) is 5. The van der Waals surface area contributed by atoms with Gasteiger partial charge in [-0.15, -0.1) is 10.2 Å². The Kier molecular flexibility index (Phi) is 5.90. The van der Waals surface area contributed by atoms with Crippen molar-refractivity contribution >= 4 is 17.6 Å². The van der Waals surface area contributed by atoms with E-state index in [-0.39, 0.29) is 0 Å². The van der Waals surface area contributed by atoms with Crippen LogP contribution in [0.5, 0.6) is 0 Å². The number of rotatable bonds is 4. The smallest absolute Gasteiger partial charge is 0.408 e. The number of hydrogen-bond donors (Lipinski definition) is 2. The maximum atomic E-state index is 12.4. The monoisotopic (exact) mass is 556 g/mol. The van der Waals surface area contributed by atoms with Gasteiger partial charge in [-0.05, 0) is 69.4 Å². The Labute approximate surface area is 244 Å². The molecule has 1 fully saturated rings. The lowest BCUT2D eigenvalue weighted by atomic mass is 9.69. The summed E-state index contributed by atoms with van der Waals surface area (Å²) in [5, 5.41) is 23.1. The highest BCUT2D eigenvalue weighted by Crippen LogP contribution is 2.50. The molecule has 7 rings (SSSR count). The number of carbonyl (C=O) groups is 1. The van der Waals surface area contributed by atoms with E-state index in [9.17, 15) is 9.90 Å². The van der Waals surface area contributed by atoms with Crippen molar-refractivity contribution in [3.8, 4) is 39.6 Å². The highest BCUT2D eigenvalue weighted by molar-refractivity contribution is 5.86. The summed E-state index contributed by atoms with van der Waals surface area (Å²) in [5.74, 6) is 2.13. The molecule has 5 aromatic rings. The fraction of sp³-hybridized carbons (Fsp3) is 0.235. The number of anilines is 2. The van der Waals surface area contributed by atoms with E-state index in [2.05, 4.69) is 45.3 Å². The van der Waals surface area contributed by atoms with Crippen LogP contribution in [0.2, 0.25) is 0 Å². The number of nitrogens with zero attached hydrogens (tertiary/aromatic N) is 5. The summed E-state index contributed by atoms with van der Waals surface area (Å²) in [5.41, 5.74) is 5.60. The molecule has 3 heterocycles. The molecule has 0 saturated heterocycles. The van der Waals surface area contributed by atoms with Crippen molar-refractivity contribution in [1.29, 1.82) is 0 Å². The van der Waals surface area contributed by atoms with Crippen molar-refractivity contribution in [2.75, 3.05) is 5.32 Å². The average molecular weight is 557 g/mol. The zero-order chi connectivity index (χ0) is 29.1. The van der Waals surface area contributed by atoms with Crippen LogP contribution in [0, 0.1) is 0 Å². The second-order valence-corrected chi connectivity index (χ2v) is 12.1. The molecule has 0 unspecified atom stereocenters. The molecule has 1 aliphatic heterocycles. The van der Waals surface area contributed by atoms with Gasteiger partial charge in [0.1, 0.15) is 0 Å². The first-order valence-corrected chi connectivity index (χ1v) is 14.3. The van der Waals surface area contributed by atoms with Gasteiger partial charge in [0.2, 0.25) is 0 Å². The van der Waals surface area contributed by atoms with Crippen LogP contribution in [0.4, 0.5) is 16.3 Å². The molecule has 3 aromatic carbocycles. The molecule has 0 spiro atoms. The molecule has 1 aliphatic carbocycles. The number of aromatic nitrogens is 4. The molecular formula is C34H32N6O2. The number of benzene rings is 3. The van der Waals surface area contributed by atoms with Crippen molar-refractivity contribution in [2.24, 2.45) is 0 Å². The zero-order valence-corrected chi connectivity index (χ0v) is 23.9. The molecule has 1 saturated carbocycles. The maximum Gasteiger partial charge on any atom is 0.408 e. The van der Waals surface area contributed by atoms with Crippen molar-refractivity contribution in [1.82, 2.24) is 24.6 Å². The fourth-order valence-electron chi connectivity index (χ4n) is 6.49. The van der Waals surface area contributed by atoms with Gasteiger partial charge in [0.25, 0.3) is 0 Å². The quantitative estimate of drug-likeness (QED) is 0.229. The largest absolute Gasteiger partial charge is 0.465 e. The molecule has 0 atom stereocenters. The van der Waals surface area contributed by atoms with E-state index >= 15 is 0 Å². The number of amides is 1. The van der Waals surface area contributed by atoms with Crippen molar-refractivity contribution < 1.29 is 9.90 Å². The third kappa shape index (κ3) is 4.05. The van der Waals surface area contributed by atoms with Gasteiger partial charge in [0.05, 0.1) is 16.9 Å². The van der Waals surface area contributed by atoms with Gasteiger partial charge in [-0.3, -0.25) is 9.47 Å². The molecule has 2 aromatic heterocycles. The van der Waals surface area contributed by atoms with Crippen LogP contribution in [0.25, 0.3) is 39.6 Å². The Morgan fingerprint density at radius 1 is 0.881 bits per heavy atom. The highest BCUT2D eigenvalue weighted by Gasteiger charge is 2.50. The summed E-state index contributed by atoms with van der Waals surface area (Å²) >= 11 is 0. The van der Waals surface area contributed by atoms with Crippen molar-refractivity contribution in [3.63, 3.8) is 0 Å². The van der Waals surface area contributed by atoms with Gasteiger partial charge in [0, 0.05) is 28.4 Å². The summed E-state index contributed by atoms with van der Waals surface area (Å²) in [7, 11) is 0. The van der Waals surface area contributed by atoms with Crippen LogP contribution in [0.15, 0.2) is 91.1 Å². The molecule has 0 bridgehead atoms. The second-order valence-electron chi connectivity index (χ2n) is 12.1. The van der Waals surface area contributed by atoms with Gasteiger partial charge in [-0.25, -0.2) is 9.78 Å². The molecule has 0 radical (unpaired) electrons. The lowest BCUT2D eigenvalue weighted by Crippen LogP contribution is -2.60. The first-order chi connectivity index (χ1) is 20.3. The molecule has 2 N–H and O–H groups in total. The molecule has 1 amide bonds. The summed E-state index contributed by atoms with van der Waals surface area (Å²) < 4.78 is 2.07. The van der Waals surface area contributed by atoms with Crippen molar-refractivity contribution in [3.05, 3.63) is 96.7 Å². The Hall–Kier alpha value is -4.98. The van der Waals surface area contributed by atoms with Crippen LogP contribution in [-0.4, -0.2) is 41.4 Å². The molecule has 2 aliphatic rings. The van der Waals surface area contributed by atoms with Crippen LogP contribution in [0.3, 0.4) is 0 Å². The first-order valence-electron chi connectivity index (χ1n) is 14.3. The Bertz CT molecular complexity index is 1800. The maximum absolute atomic E-state index is 12.4. The van der Waals surface area contributed by atoms with Gasteiger partial charge in [-0.2, -0.15) is 0 Å².